The summed E-state index contributed by atoms with van der Waals surface area (Å²) < 4.78 is 1.97. The molecule has 0 unspecified atom stereocenters. The number of anilines is 1. The highest BCUT2D eigenvalue weighted by Gasteiger charge is 2.09. The summed E-state index contributed by atoms with van der Waals surface area (Å²) in [6, 6.07) is 5.59. The number of halogens is 1. The lowest BCUT2D eigenvalue weighted by molar-refractivity contribution is 0.723. The van der Waals surface area contributed by atoms with E-state index < -0.39 is 0 Å². The van der Waals surface area contributed by atoms with Crippen molar-refractivity contribution in [2.24, 2.45) is 0 Å². The third kappa shape index (κ3) is 2.07. The van der Waals surface area contributed by atoms with Gasteiger partial charge in [-0.05, 0) is 18.2 Å². The first-order chi connectivity index (χ1) is 8.74. The van der Waals surface area contributed by atoms with Crippen LogP contribution in [0.1, 0.15) is 5.01 Å². The number of nitrogen functional groups attached to an aromatic ring is 1. The van der Waals surface area contributed by atoms with Crippen LogP contribution in [0.3, 0.4) is 0 Å². The van der Waals surface area contributed by atoms with Gasteiger partial charge in [0.2, 0.25) is 5.95 Å². The minimum atomic E-state index is 0.517. The molecule has 0 saturated heterocycles. The highest BCUT2D eigenvalue weighted by Crippen LogP contribution is 2.22. The predicted octanol–water partition coefficient (Wildman–Crippen LogP) is 2.97. The summed E-state index contributed by atoms with van der Waals surface area (Å²) in [6.45, 7) is 0.760. The lowest BCUT2D eigenvalue weighted by Gasteiger charge is -2.04. The quantitative estimate of drug-likeness (QED) is 0.801. The molecule has 0 saturated carbocycles. The van der Waals surface area contributed by atoms with Gasteiger partial charge in [0.1, 0.15) is 0 Å². The third-order valence-corrected chi connectivity index (χ3v) is 3.85. The number of aromatic nitrogens is 3. The second-order valence-corrected chi connectivity index (χ2v) is 5.35. The maximum atomic E-state index is 6.01. The minimum Gasteiger partial charge on any atom is -0.369 e. The maximum absolute atomic E-state index is 6.01. The van der Waals surface area contributed by atoms with Crippen molar-refractivity contribution in [3.05, 3.63) is 39.8 Å². The first-order valence-corrected chi connectivity index (χ1v) is 6.79. The molecule has 3 rings (SSSR count). The summed E-state index contributed by atoms with van der Waals surface area (Å²) in [5.41, 5.74) is 7.77. The Kier molecular flexibility index (Phi) is 2.93. The van der Waals surface area contributed by atoms with Gasteiger partial charge in [-0.1, -0.05) is 11.6 Å². The number of hydrogen-bond acceptors (Lipinski definition) is 4. The van der Waals surface area contributed by atoms with Crippen molar-refractivity contribution in [1.29, 1.82) is 0 Å². The lowest BCUT2D eigenvalue weighted by atomic mass is 10.3. The number of aryl methyl sites for hydroxylation is 2. The van der Waals surface area contributed by atoms with Crippen LogP contribution in [-0.2, 0) is 13.0 Å². The Morgan fingerprint density at radius 3 is 3.06 bits per heavy atom. The van der Waals surface area contributed by atoms with Crippen LogP contribution in [0.2, 0.25) is 5.02 Å². The molecule has 6 heteroatoms. The van der Waals surface area contributed by atoms with E-state index in [4.69, 9.17) is 17.3 Å². The van der Waals surface area contributed by atoms with E-state index in [-0.39, 0.29) is 0 Å². The topological polar surface area (TPSA) is 56.7 Å². The number of imidazole rings is 1. The van der Waals surface area contributed by atoms with Crippen LogP contribution < -0.4 is 5.73 Å². The number of fused-ring (bicyclic) bond motifs is 1. The smallest absolute Gasteiger partial charge is 0.201 e. The molecule has 0 bridgehead atoms. The zero-order valence-electron chi connectivity index (χ0n) is 9.51. The summed E-state index contributed by atoms with van der Waals surface area (Å²) >= 11 is 7.65. The molecule has 0 aliphatic rings. The Morgan fingerprint density at radius 1 is 1.39 bits per heavy atom. The monoisotopic (exact) mass is 278 g/mol. The molecule has 2 aromatic heterocycles. The lowest BCUT2D eigenvalue weighted by Crippen LogP contribution is -2.05. The van der Waals surface area contributed by atoms with Crippen LogP contribution in [0.4, 0.5) is 5.95 Å². The Bertz CT molecular complexity index is 675. The van der Waals surface area contributed by atoms with Crippen molar-refractivity contribution in [3.63, 3.8) is 0 Å². The summed E-state index contributed by atoms with van der Waals surface area (Å²) in [5.74, 6) is 0.517. The third-order valence-electron chi connectivity index (χ3n) is 2.77. The van der Waals surface area contributed by atoms with E-state index in [1.54, 1.807) is 11.3 Å². The molecular weight excluding hydrogens is 268 g/mol. The number of nitrogens with two attached hydrogens (primary N) is 1. The molecule has 3 aromatic rings. The van der Waals surface area contributed by atoms with Gasteiger partial charge in [0.05, 0.1) is 16.0 Å². The number of rotatable bonds is 3. The van der Waals surface area contributed by atoms with E-state index in [0.717, 1.165) is 29.0 Å². The van der Waals surface area contributed by atoms with E-state index in [0.29, 0.717) is 11.0 Å². The maximum Gasteiger partial charge on any atom is 0.201 e. The normalized spacial score (nSPS) is 11.2. The van der Waals surface area contributed by atoms with Gasteiger partial charge in [0.25, 0.3) is 0 Å². The van der Waals surface area contributed by atoms with Crippen LogP contribution in [0.25, 0.3) is 11.0 Å². The van der Waals surface area contributed by atoms with Crippen molar-refractivity contribution in [3.8, 4) is 0 Å². The first kappa shape index (κ1) is 11.5. The van der Waals surface area contributed by atoms with Gasteiger partial charge >= 0.3 is 0 Å². The van der Waals surface area contributed by atoms with Crippen molar-refractivity contribution >= 4 is 39.9 Å². The summed E-state index contributed by atoms with van der Waals surface area (Å²) in [4.78, 5) is 8.58. The number of benzene rings is 1. The molecule has 18 heavy (non-hydrogen) atoms. The average Bonchev–Trinajstić information content (AvgIpc) is 2.94. The first-order valence-electron chi connectivity index (χ1n) is 5.53. The van der Waals surface area contributed by atoms with E-state index >= 15 is 0 Å². The Morgan fingerprint density at radius 2 is 2.28 bits per heavy atom. The SMILES string of the molecule is Nc1nc2ccc(Cl)cc2n1CCc1nccs1. The number of hydrogen-bond donors (Lipinski definition) is 1. The highest BCUT2D eigenvalue weighted by molar-refractivity contribution is 7.09. The van der Waals surface area contributed by atoms with Crippen LogP contribution in [0.5, 0.6) is 0 Å². The molecule has 0 radical (unpaired) electrons. The zero-order valence-corrected chi connectivity index (χ0v) is 11.1. The van der Waals surface area contributed by atoms with E-state index in [2.05, 4.69) is 9.97 Å². The van der Waals surface area contributed by atoms with Crippen molar-refractivity contribution in [1.82, 2.24) is 14.5 Å². The molecular formula is C12H11ClN4S. The van der Waals surface area contributed by atoms with E-state index in [1.165, 1.54) is 0 Å². The van der Waals surface area contributed by atoms with Gasteiger partial charge < -0.3 is 10.3 Å². The largest absolute Gasteiger partial charge is 0.369 e. The molecule has 2 heterocycles. The van der Waals surface area contributed by atoms with Gasteiger partial charge in [-0.15, -0.1) is 11.3 Å². The molecule has 2 N–H and O–H groups in total. The van der Waals surface area contributed by atoms with Gasteiger partial charge in [-0.25, -0.2) is 9.97 Å². The second-order valence-electron chi connectivity index (χ2n) is 3.93. The molecule has 0 aliphatic carbocycles. The number of nitrogens with zero attached hydrogens (tertiary/aromatic N) is 3. The molecule has 0 atom stereocenters. The average molecular weight is 279 g/mol. The van der Waals surface area contributed by atoms with E-state index in [1.807, 2.05) is 34.3 Å². The zero-order chi connectivity index (χ0) is 12.5. The van der Waals surface area contributed by atoms with Gasteiger partial charge in [-0.3, -0.25) is 0 Å². The van der Waals surface area contributed by atoms with Crippen LogP contribution in [-0.4, -0.2) is 14.5 Å². The Labute approximate surface area is 113 Å². The summed E-state index contributed by atoms with van der Waals surface area (Å²) in [7, 11) is 0. The van der Waals surface area contributed by atoms with Crippen molar-refractivity contribution in [2.75, 3.05) is 5.73 Å². The van der Waals surface area contributed by atoms with Crippen LogP contribution >= 0.6 is 22.9 Å². The molecule has 92 valence electrons. The fourth-order valence-electron chi connectivity index (χ4n) is 1.93. The predicted molar refractivity (Wildman–Crippen MR) is 75.0 cm³/mol. The van der Waals surface area contributed by atoms with Gasteiger partial charge in [0, 0.05) is 29.6 Å². The fraction of sp³-hybridized carbons (Fsp3) is 0.167. The molecule has 0 spiro atoms. The van der Waals surface area contributed by atoms with E-state index in [9.17, 15) is 0 Å². The molecule has 0 fully saturated rings. The van der Waals surface area contributed by atoms with Crippen LogP contribution in [0.15, 0.2) is 29.8 Å². The second kappa shape index (κ2) is 4.59. The molecule has 4 nitrogen and oxygen atoms in total. The molecule has 1 aromatic carbocycles. The highest BCUT2D eigenvalue weighted by atomic mass is 35.5. The van der Waals surface area contributed by atoms with Gasteiger partial charge in [-0.2, -0.15) is 0 Å². The fourth-order valence-corrected chi connectivity index (χ4v) is 2.71. The van der Waals surface area contributed by atoms with Crippen LogP contribution in [0, 0.1) is 0 Å². The molecule has 0 aliphatic heterocycles. The summed E-state index contributed by atoms with van der Waals surface area (Å²) in [5, 5.41) is 3.76. The Hall–Kier alpha value is -1.59. The number of thiazole rings is 1. The molecule has 0 amide bonds. The Balaban J connectivity index is 1.95. The van der Waals surface area contributed by atoms with Crippen molar-refractivity contribution in [2.45, 2.75) is 13.0 Å². The van der Waals surface area contributed by atoms with Crippen molar-refractivity contribution < 1.29 is 0 Å². The standard InChI is InChI=1S/C12H11ClN4S/c13-8-1-2-9-10(7-8)17(12(14)16-9)5-3-11-15-4-6-18-11/h1-2,4,6-7H,3,5H2,(H2,14,16). The summed E-state index contributed by atoms with van der Waals surface area (Å²) in [6.07, 6.45) is 2.66. The van der Waals surface area contributed by atoms with Gasteiger partial charge in [0.15, 0.2) is 0 Å². The minimum absolute atomic E-state index is 0.517.